The van der Waals surface area contributed by atoms with Crippen LogP contribution in [0.3, 0.4) is 0 Å². The maximum Gasteiger partial charge on any atom is 0.136 e. The highest BCUT2D eigenvalue weighted by molar-refractivity contribution is 7.85. The highest BCUT2D eigenvalue weighted by Gasteiger charge is 2.21. The number of nitrogens with zero attached hydrogens (tertiary/aromatic N) is 1. The van der Waals surface area contributed by atoms with E-state index < -0.39 is 10.8 Å². The van der Waals surface area contributed by atoms with Crippen LogP contribution >= 0.6 is 12.2 Å². The van der Waals surface area contributed by atoms with Crippen LogP contribution in [0, 0.1) is 0 Å². The van der Waals surface area contributed by atoms with Gasteiger partial charge in [0, 0.05) is 34.0 Å². The number of pyridine rings is 1. The SMILES string of the molecule is NC(=S)c1cc2c(nc1NC1CCS(=O)CC1)CCCC2. The van der Waals surface area contributed by atoms with Crippen LogP contribution < -0.4 is 11.1 Å². The van der Waals surface area contributed by atoms with Crippen LogP contribution in [0.15, 0.2) is 6.07 Å². The molecule has 1 aromatic heterocycles. The topological polar surface area (TPSA) is 68.0 Å². The van der Waals surface area contributed by atoms with E-state index in [4.69, 9.17) is 22.9 Å². The zero-order chi connectivity index (χ0) is 14.8. The fourth-order valence-electron chi connectivity index (χ4n) is 3.06. The molecule has 4 nitrogen and oxygen atoms in total. The average Bonchev–Trinajstić information content (AvgIpc) is 2.48. The number of nitrogens with one attached hydrogen (secondary N) is 1. The molecule has 0 bridgehead atoms. The second kappa shape index (κ2) is 6.40. The predicted molar refractivity (Wildman–Crippen MR) is 91.3 cm³/mol. The summed E-state index contributed by atoms with van der Waals surface area (Å²) in [6.45, 7) is 0. The molecule has 1 aliphatic heterocycles. The number of aryl methyl sites for hydroxylation is 2. The molecular formula is C15H21N3OS2. The summed E-state index contributed by atoms with van der Waals surface area (Å²) in [6, 6.07) is 2.44. The van der Waals surface area contributed by atoms with Gasteiger partial charge in [0.25, 0.3) is 0 Å². The van der Waals surface area contributed by atoms with Crippen LogP contribution in [0.2, 0.25) is 0 Å². The van der Waals surface area contributed by atoms with Crippen molar-refractivity contribution in [3.05, 3.63) is 22.9 Å². The molecule has 1 aromatic rings. The Morgan fingerprint density at radius 3 is 2.76 bits per heavy atom. The Hall–Kier alpha value is -1.01. The minimum absolute atomic E-state index is 0.324. The lowest BCUT2D eigenvalue weighted by atomic mass is 9.94. The molecule has 1 fully saturated rings. The summed E-state index contributed by atoms with van der Waals surface area (Å²) in [7, 11) is -0.646. The Kier molecular flexibility index (Phi) is 4.54. The van der Waals surface area contributed by atoms with Gasteiger partial charge in [-0.1, -0.05) is 12.2 Å². The van der Waals surface area contributed by atoms with Gasteiger partial charge in [0.15, 0.2) is 0 Å². The number of hydrogen-bond acceptors (Lipinski definition) is 4. The summed E-state index contributed by atoms with van der Waals surface area (Å²) in [6.07, 6.45) is 6.36. The Labute approximate surface area is 133 Å². The number of aromatic nitrogens is 1. The molecular weight excluding hydrogens is 302 g/mol. The van der Waals surface area contributed by atoms with Crippen LogP contribution in [0.4, 0.5) is 5.82 Å². The van der Waals surface area contributed by atoms with Gasteiger partial charge in [-0.2, -0.15) is 0 Å². The van der Waals surface area contributed by atoms with Crippen molar-refractivity contribution in [2.75, 3.05) is 16.8 Å². The highest BCUT2D eigenvalue weighted by Crippen LogP contribution is 2.26. The Morgan fingerprint density at radius 2 is 2.05 bits per heavy atom. The van der Waals surface area contributed by atoms with E-state index >= 15 is 0 Å². The molecule has 21 heavy (non-hydrogen) atoms. The molecule has 2 heterocycles. The van der Waals surface area contributed by atoms with Crippen LogP contribution in [0.5, 0.6) is 0 Å². The fraction of sp³-hybridized carbons (Fsp3) is 0.600. The van der Waals surface area contributed by atoms with Gasteiger partial charge in [-0.05, 0) is 50.2 Å². The van der Waals surface area contributed by atoms with E-state index in [1.165, 1.54) is 24.1 Å². The zero-order valence-corrected chi connectivity index (χ0v) is 13.7. The molecule has 114 valence electrons. The third kappa shape index (κ3) is 3.43. The second-order valence-electron chi connectivity index (χ2n) is 5.83. The fourth-order valence-corrected chi connectivity index (χ4v) is 4.52. The minimum Gasteiger partial charge on any atom is -0.389 e. The molecule has 3 N–H and O–H groups in total. The number of rotatable bonds is 3. The van der Waals surface area contributed by atoms with Gasteiger partial charge in [-0.3, -0.25) is 4.21 Å². The second-order valence-corrected chi connectivity index (χ2v) is 7.96. The first kappa shape index (κ1) is 14.9. The van der Waals surface area contributed by atoms with Crippen molar-refractivity contribution in [2.45, 2.75) is 44.6 Å². The van der Waals surface area contributed by atoms with E-state index in [1.54, 1.807) is 0 Å². The lowest BCUT2D eigenvalue weighted by Crippen LogP contribution is -2.31. The molecule has 2 aliphatic rings. The largest absolute Gasteiger partial charge is 0.389 e. The van der Waals surface area contributed by atoms with Gasteiger partial charge in [0.1, 0.15) is 10.8 Å². The number of thiocarbonyl (C=S) groups is 1. The third-order valence-corrected chi connectivity index (χ3v) is 5.90. The Balaban J connectivity index is 1.85. The van der Waals surface area contributed by atoms with Gasteiger partial charge in [-0.15, -0.1) is 0 Å². The van der Waals surface area contributed by atoms with E-state index in [0.717, 1.165) is 48.6 Å². The summed E-state index contributed by atoms with van der Waals surface area (Å²) in [5.41, 5.74) is 9.21. The first-order chi connectivity index (χ1) is 10.1. The van der Waals surface area contributed by atoms with E-state index in [-0.39, 0.29) is 0 Å². The van der Waals surface area contributed by atoms with E-state index in [1.807, 2.05) is 0 Å². The maximum atomic E-state index is 11.5. The van der Waals surface area contributed by atoms with Crippen molar-refractivity contribution in [1.29, 1.82) is 0 Å². The molecule has 1 saturated heterocycles. The van der Waals surface area contributed by atoms with Gasteiger partial charge in [0.05, 0.1) is 5.56 Å². The van der Waals surface area contributed by atoms with Crippen molar-refractivity contribution < 1.29 is 4.21 Å². The molecule has 1 aliphatic carbocycles. The first-order valence-corrected chi connectivity index (χ1v) is 9.47. The number of fused-ring (bicyclic) bond motifs is 1. The van der Waals surface area contributed by atoms with Crippen LogP contribution in [-0.2, 0) is 23.6 Å². The Morgan fingerprint density at radius 1 is 1.33 bits per heavy atom. The highest BCUT2D eigenvalue weighted by atomic mass is 32.2. The summed E-state index contributed by atoms with van der Waals surface area (Å²) in [5, 5.41) is 3.49. The predicted octanol–water partition coefficient (Wildman–Crippen LogP) is 1.92. The summed E-state index contributed by atoms with van der Waals surface area (Å²) < 4.78 is 11.5. The van der Waals surface area contributed by atoms with E-state index in [2.05, 4.69) is 11.4 Å². The average molecular weight is 323 g/mol. The lowest BCUT2D eigenvalue weighted by Gasteiger charge is -2.25. The summed E-state index contributed by atoms with van der Waals surface area (Å²) >= 11 is 5.19. The van der Waals surface area contributed by atoms with Crippen molar-refractivity contribution in [3.63, 3.8) is 0 Å². The molecule has 3 rings (SSSR count). The molecule has 0 atom stereocenters. The third-order valence-electron chi connectivity index (χ3n) is 4.30. The quantitative estimate of drug-likeness (QED) is 0.832. The Bertz CT molecular complexity index is 579. The van der Waals surface area contributed by atoms with Crippen molar-refractivity contribution in [2.24, 2.45) is 5.73 Å². The van der Waals surface area contributed by atoms with Crippen LogP contribution in [0.1, 0.15) is 42.5 Å². The normalized spacial score (nSPS) is 25.1. The van der Waals surface area contributed by atoms with Crippen molar-refractivity contribution in [3.8, 4) is 0 Å². The standard InChI is InChI=1S/C15H21N3OS2/c16-14(20)12-9-10-3-1-2-4-13(10)18-15(12)17-11-5-7-21(19)8-6-11/h9,11H,1-8H2,(H2,16,20)(H,17,18). The molecule has 6 heteroatoms. The first-order valence-electron chi connectivity index (χ1n) is 7.57. The number of anilines is 1. The van der Waals surface area contributed by atoms with E-state index in [9.17, 15) is 4.21 Å². The van der Waals surface area contributed by atoms with Gasteiger partial charge < -0.3 is 11.1 Å². The summed E-state index contributed by atoms with van der Waals surface area (Å²) in [5.74, 6) is 2.36. The van der Waals surface area contributed by atoms with Gasteiger partial charge >= 0.3 is 0 Å². The molecule has 0 saturated carbocycles. The van der Waals surface area contributed by atoms with Crippen molar-refractivity contribution >= 4 is 33.8 Å². The number of hydrogen-bond donors (Lipinski definition) is 2. The van der Waals surface area contributed by atoms with Crippen LogP contribution in [-0.4, -0.2) is 31.7 Å². The maximum absolute atomic E-state index is 11.5. The molecule has 0 radical (unpaired) electrons. The minimum atomic E-state index is -0.646. The summed E-state index contributed by atoms with van der Waals surface area (Å²) in [4.78, 5) is 5.19. The number of nitrogens with two attached hydrogens (primary N) is 1. The smallest absolute Gasteiger partial charge is 0.136 e. The van der Waals surface area contributed by atoms with E-state index in [0.29, 0.717) is 11.0 Å². The molecule has 0 amide bonds. The van der Waals surface area contributed by atoms with Gasteiger partial charge in [-0.25, -0.2) is 4.98 Å². The molecule has 0 unspecified atom stereocenters. The molecule has 0 spiro atoms. The van der Waals surface area contributed by atoms with Crippen LogP contribution in [0.25, 0.3) is 0 Å². The lowest BCUT2D eigenvalue weighted by molar-refractivity contribution is 0.620. The van der Waals surface area contributed by atoms with Gasteiger partial charge in [0.2, 0.25) is 0 Å². The zero-order valence-electron chi connectivity index (χ0n) is 12.1. The monoisotopic (exact) mass is 323 g/mol. The van der Waals surface area contributed by atoms with Crippen molar-refractivity contribution in [1.82, 2.24) is 4.98 Å². The molecule has 0 aromatic carbocycles.